The summed E-state index contributed by atoms with van der Waals surface area (Å²) in [5.74, 6) is 0.528. The van der Waals surface area contributed by atoms with E-state index in [0.717, 1.165) is 0 Å². The van der Waals surface area contributed by atoms with E-state index in [-0.39, 0.29) is 17.9 Å². The van der Waals surface area contributed by atoms with Crippen LogP contribution in [0.25, 0.3) is 0 Å². The second-order valence-corrected chi connectivity index (χ2v) is 3.98. The van der Waals surface area contributed by atoms with Gasteiger partial charge < -0.3 is 9.84 Å². The summed E-state index contributed by atoms with van der Waals surface area (Å²) in [6, 6.07) is 10.3. The summed E-state index contributed by atoms with van der Waals surface area (Å²) >= 11 is 5.75. The summed E-state index contributed by atoms with van der Waals surface area (Å²) in [6.07, 6.45) is 1.24. The van der Waals surface area contributed by atoms with Crippen LogP contribution < -0.4 is 4.74 Å². The molecule has 4 nitrogen and oxygen atoms in total. The quantitative estimate of drug-likeness (QED) is 0.921. The molecule has 90 valence electrons. The number of hydrogen-bond donors (Lipinski definition) is 1. The normalized spacial score (nSPS) is 9.78. The monoisotopic (exact) mass is 260 g/mol. The first-order chi connectivity index (χ1) is 8.69. The lowest BCUT2D eigenvalue weighted by molar-refractivity contribution is 0.301. The summed E-state index contributed by atoms with van der Waals surface area (Å²) in [7, 11) is 0. The lowest BCUT2D eigenvalue weighted by Crippen LogP contribution is -1.98. The van der Waals surface area contributed by atoms with E-state index in [4.69, 9.17) is 21.6 Å². The van der Waals surface area contributed by atoms with Crippen molar-refractivity contribution in [2.24, 2.45) is 0 Å². The van der Waals surface area contributed by atoms with Crippen molar-refractivity contribution in [3.8, 4) is 17.6 Å². The van der Waals surface area contributed by atoms with Crippen molar-refractivity contribution in [2.75, 3.05) is 0 Å². The van der Waals surface area contributed by atoms with Crippen molar-refractivity contribution in [3.05, 3.63) is 52.8 Å². The zero-order valence-corrected chi connectivity index (χ0v) is 10.1. The number of nitrogens with zero attached hydrogens (tertiary/aromatic N) is 2. The van der Waals surface area contributed by atoms with Gasteiger partial charge in [0.2, 0.25) is 0 Å². The van der Waals surface area contributed by atoms with Gasteiger partial charge in [0.05, 0.1) is 17.5 Å². The summed E-state index contributed by atoms with van der Waals surface area (Å²) in [6.45, 7) is 0.219. The number of aromatic hydroxyl groups is 1. The van der Waals surface area contributed by atoms with Crippen LogP contribution in [-0.4, -0.2) is 10.1 Å². The Balaban J connectivity index is 2.06. The van der Waals surface area contributed by atoms with Gasteiger partial charge in [-0.3, -0.25) is 4.98 Å². The van der Waals surface area contributed by atoms with Crippen molar-refractivity contribution in [3.63, 3.8) is 0 Å². The minimum atomic E-state index is -0.132. The first-order valence-electron chi connectivity index (χ1n) is 5.15. The molecule has 2 aromatic rings. The molecule has 0 amide bonds. The lowest BCUT2D eigenvalue weighted by Gasteiger charge is -2.06. The number of halogens is 1. The number of ether oxygens (including phenoxy) is 1. The minimum absolute atomic E-state index is 0.132. The molecule has 0 aliphatic rings. The summed E-state index contributed by atoms with van der Waals surface area (Å²) in [5, 5.41) is 18.7. The van der Waals surface area contributed by atoms with E-state index in [1.54, 1.807) is 24.3 Å². The second-order valence-electron chi connectivity index (χ2n) is 3.55. The molecule has 18 heavy (non-hydrogen) atoms. The first-order valence-corrected chi connectivity index (χ1v) is 5.53. The molecule has 0 aliphatic carbocycles. The van der Waals surface area contributed by atoms with E-state index >= 15 is 0 Å². The third-order valence-corrected chi connectivity index (χ3v) is 2.51. The number of pyridine rings is 1. The molecule has 0 saturated carbocycles. The van der Waals surface area contributed by atoms with Gasteiger partial charge >= 0.3 is 0 Å². The number of benzene rings is 1. The Morgan fingerprint density at radius 2 is 2.06 bits per heavy atom. The first kappa shape index (κ1) is 12.2. The molecule has 0 atom stereocenters. The smallest absolute Gasteiger partial charge is 0.151 e. The number of nitriles is 1. The van der Waals surface area contributed by atoms with Gasteiger partial charge in [-0.2, -0.15) is 5.26 Å². The van der Waals surface area contributed by atoms with Crippen LogP contribution in [0, 0.1) is 11.3 Å². The van der Waals surface area contributed by atoms with Gasteiger partial charge in [0.25, 0.3) is 0 Å². The molecular weight excluding hydrogens is 252 g/mol. The van der Waals surface area contributed by atoms with E-state index in [1.165, 1.54) is 12.3 Å². The number of rotatable bonds is 3. The van der Waals surface area contributed by atoms with Crippen molar-refractivity contribution < 1.29 is 9.84 Å². The molecule has 0 fully saturated rings. The maximum Gasteiger partial charge on any atom is 0.151 e. The zero-order chi connectivity index (χ0) is 13.0. The zero-order valence-electron chi connectivity index (χ0n) is 9.30. The molecule has 0 unspecified atom stereocenters. The van der Waals surface area contributed by atoms with E-state index in [2.05, 4.69) is 4.98 Å². The third-order valence-electron chi connectivity index (χ3n) is 2.26. The van der Waals surface area contributed by atoms with Crippen LogP contribution >= 0.6 is 11.6 Å². The van der Waals surface area contributed by atoms with Crippen LogP contribution in [0.2, 0.25) is 5.02 Å². The average molecular weight is 261 g/mol. The highest BCUT2D eigenvalue weighted by Crippen LogP contribution is 2.18. The fraction of sp³-hybridized carbons (Fsp3) is 0.0769. The molecule has 5 heteroatoms. The second kappa shape index (κ2) is 5.39. The van der Waals surface area contributed by atoms with Crippen LogP contribution in [0.3, 0.4) is 0 Å². The van der Waals surface area contributed by atoms with Crippen LogP contribution in [-0.2, 0) is 6.61 Å². The highest BCUT2D eigenvalue weighted by atomic mass is 35.5. The van der Waals surface area contributed by atoms with Gasteiger partial charge in [-0.1, -0.05) is 11.6 Å². The number of aromatic nitrogens is 1. The third kappa shape index (κ3) is 2.90. The van der Waals surface area contributed by atoms with Crippen LogP contribution in [0.5, 0.6) is 11.5 Å². The van der Waals surface area contributed by atoms with Gasteiger partial charge in [-0.05, 0) is 30.3 Å². The van der Waals surface area contributed by atoms with E-state index < -0.39 is 0 Å². The van der Waals surface area contributed by atoms with E-state index in [1.807, 2.05) is 6.07 Å². The van der Waals surface area contributed by atoms with Crippen molar-refractivity contribution >= 4 is 11.6 Å². The largest absolute Gasteiger partial charge is 0.505 e. The van der Waals surface area contributed by atoms with Crippen LogP contribution in [0.4, 0.5) is 0 Å². The fourth-order valence-electron chi connectivity index (χ4n) is 1.35. The SMILES string of the molecule is N#Cc1cc(COc2ccc(Cl)cc2)ncc1O. The highest BCUT2D eigenvalue weighted by molar-refractivity contribution is 6.30. The van der Waals surface area contributed by atoms with Gasteiger partial charge in [0.15, 0.2) is 5.75 Å². The molecule has 1 aromatic heterocycles. The Morgan fingerprint density at radius 1 is 1.33 bits per heavy atom. The Morgan fingerprint density at radius 3 is 2.72 bits per heavy atom. The Kier molecular flexibility index (Phi) is 3.66. The fourth-order valence-corrected chi connectivity index (χ4v) is 1.47. The molecule has 0 aliphatic heterocycles. The van der Waals surface area contributed by atoms with Crippen molar-refractivity contribution in [1.29, 1.82) is 5.26 Å². The van der Waals surface area contributed by atoms with Crippen LogP contribution in [0.15, 0.2) is 36.5 Å². The molecule has 0 radical (unpaired) electrons. The van der Waals surface area contributed by atoms with Crippen LogP contribution in [0.1, 0.15) is 11.3 Å². The maximum absolute atomic E-state index is 9.31. The summed E-state index contributed by atoms with van der Waals surface area (Å²) in [5.41, 5.74) is 0.749. The summed E-state index contributed by atoms with van der Waals surface area (Å²) < 4.78 is 5.47. The van der Waals surface area contributed by atoms with E-state index in [9.17, 15) is 5.11 Å². The Bertz CT molecular complexity index is 591. The molecule has 0 spiro atoms. The Labute approximate surface area is 109 Å². The predicted octanol–water partition coefficient (Wildman–Crippen LogP) is 2.89. The van der Waals surface area contributed by atoms with Crippen molar-refractivity contribution in [2.45, 2.75) is 6.61 Å². The van der Waals surface area contributed by atoms with Gasteiger partial charge in [-0.15, -0.1) is 0 Å². The maximum atomic E-state index is 9.31. The highest BCUT2D eigenvalue weighted by Gasteiger charge is 2.04. The molecule has 2 rings (SSSR count). The Hall–Kier alpha value is -2.25. The van der Waals surface area contributed by atoms with Gasteiger partial charge in [0, 0.05) is 5.02 Å². The molecular formula is C13H9ClN2O2. The predicted molar refractivity (Wildman–Crippen MR) is 66.4 cm³/mol. The number of hydrogen-bond acceptors (Lipinski definition) is 4. The standard InChI is InChI=1S/C13H9ClN2O2/c14-10-1-3-12(4-2-10)18-8-11-5-9(6-15)13(17)7-16-11/h1-5,7,17H,8H2. The molecule has 0 bridgehead atoms. The van der Waals surface area contributed by atoms with E-state index in [0.29, 0.717) is 16.5 Å². The molecule has 1 N–H and O–H groups in total. The molecule has 0 saturated heterocycles. The van der Waals surface area contributed by atoms with Gasteiger partial charge in [-0.25, -0.2) is 0 Å². The van der Waals surface area contributed by atoms with Crippen molar-refractivity contribution in [1.82, 2.24) is 4.98 Å². The summed E-state index contributed by atoms with van der Waals surface area (Å²) in [4.78, 5) is 3.97. The average Bonchev–Trinajstić information content (AvgIpc) is 2.39. The van der Waals surface area contributed by atoms with Gasteiger partial charge in [0.1, 0.15) is 18.4 Å². The topological polar surface area (TPSA) is 66.1 Å². The lowest BCUT2D eigenvalue weighted by atomic mass is 10.2. The minimum Gasteiger partial charge on any atom is -0.505 e. The molecule has 1 aromatic carbocycles. The molecule has 1 heterocycles.